The molecule has 2 N–H and O–H groups in total. The number of hydrogen-bond acceptors (Lipinski definition) is 4. The van der Waals surface area contributed by atoms with Gasteiger partial charge in [-0.05, 0) is 25.7 Å². The zero-order chi connectivity index (χ0) is 10.8. The highest BCUT2D eigenvalue weighted by molar-refractivity contribution is 8.14. The lowest BCUT2D eigenvalue weighted by molar-refractivity contribution is -0.121. The van der Waals surface area contributed by atoms with Gasteiger partial charge in [-0.15, -0.1) is 0 Å². The first-order valence-corrected chi connectivity index (χ1v) is 6.28. The minimum absolute atomic E-state index is 0.00757. The Hall–Kier alpha value is -0.710. The zero-order valence-corrected chi connectivity index (χ0v) is 9.93. The standard InChI is InChI=1S/C10H17N3OS/c1-6(9(14)11-2)13-10-12-5-8(15-10)7-3-4-7/h6-8H,3-5H2,1-2H3,(H,11,14)(H,12,13). The maximum Gasteiger partial charge on any atom is 0.242 e. The second kappa shape index (κ2) is 4.43. The molecule has 1 aliphatic carbocycles. The molecule has 2 unspecified atom stereocenters. The number of aliphatic imine (C=N–C) groups is 1. The number of thioether (sulfide) groups is 1. The van der Waals surface area contributed by atoms with E-state index in [1.54, 1.807) is 18.8 Å². The Balaban J connectivity index is 1.78. The maximum atomic E-state index is 11.3. The van der Waals surface area contributed by atoms with E-state index in [2.05, 4.69) is 15.6 Å². The van der Waals surface area contributed by atoms with Crippen molar-refractivity contribution in [3.8, 4) is 0 Å². The largest absolute Gasteiger partial charge is 0.357 e. The van der Waals surface area contributed by atoms with E-state index in [4.69, 9.17) is 0 Å². The number of nitrogens with zero attached hydrogens (tertiary/aromatic N) is 1. The van der Waals surface area contributed by atoms with Crippen LogP contribution in [0.2, 0.25) is 0 Å². The summed E-state index contributed by atoms with van der Waals surface area (Å²) in [7, 11) is 1.65. The number of likely N-dealkylation sites (N-methyl/N-ethyl adjacent to an activating group) is 1. The molecule has 0 saturated heterocycles. The Labute approximate surface area is 94.3 Å². The Bertz CT molecular complexity index is 288. The summed E-state index contributed by atoms with van der Waals surface area (Å²) in [6.45, 7) is 2.77. The molecule has 0 aromatic carbocycles. The first kappa shape index (κ1) is 10.8. The van der Waals surface area contributed by atoms with Crippen LogP contribution in [0.4, 0.5) is 0 Å². The van der Waals surface area contributed by atoms with E-state index in [0.717, 1.165) is 17.6 Å². The van der Waals surface area contributed by atoms with E-state index in [1.807, 2.05) is 6.92 Å². The van der Waals surface area contributed by atoms with Gasteiger partial charge in [0.1, 0.15) is 6.04 Å². The molecule has 2 rings (SSSR count). The molecule has 84 valence electrons. The van der Waals surface area contributed by atoms with Crippen molar-refractivity contribution in [3.63, 3.8) is 0 Å². The molecule has 0 spiro atoms. The minimum atomic E-state index is -0.195. The Morgan fingerprint density at radius 1 is 1.60 bits per heavy atom. The smallest absolute Gasteiger partial charge is 0.242 e. The fourth-order valence-corrected chi connectivity index (χ4v) is 2.95. The lowest BCUT2D eigenvalue weighted by Crippen LogP contribution is -2.42. The molecule has 4 nitrogen and oxygen atoms in total. The second-order valence-electron chi connectivity index (χ2n) is 4.12. The quantitative estimate of drug-likeness (QED) is 0.742. The van der Waals surface area contributed by atoms with Gasteiger partial charge in [0.25, 0.3) is 0 Å². The number of amidine groups is 1. The average molecular weight is 227 g/mol. The van der Waals surface area contributed by atoms with Gasteiger partial charge in [0.2, 0.25) is 5.91 Å². The van der Waals surface area contributed by atoms with E-state index >= 15 is 0 Å². The molecule has 1 saturated carbocycles. The van der Waals surface area contributed by atoms with Crippen molar-refractivity contribution in [2.75, 3.05) is 13.6 Å². The monoisotopic (exact) mass is 227 g/mol. The van der Waals surface area contributed by atoms with Crippen LogP contribution in [-0.4, -0.2) is 36.0 Å². The normalized spacial score (nSPS) is 27.1. The summed E-state index contributed by atoms with van der Waals surface area (Å²) in [5.41, 5.74) is 0. The van der Waals surface area contributed by atoms with Crippen molar-refractivity contribution in [1.82, 2.24) is 10.6 Å². The average Bonchev–Trinajstić information content (AvgIpc) is 2.99. The second-order valence-corrected chi connectivity index (χ2v) is 5.35. The number of carbonyl (C=O) groups excluding carboxylic acids is 1. The maximum absolute atomic E-state index is 11.3. The molecular weight excluding hydrogens is 210 g/mol. The van der Waals surface area contributed by atoms with Gasteiger partial charge in [0.05, 0.1) is 6.54 Å². The van der Waals surface area contributed by atoms with Crippen molar-refractivity contribution in [3.05, 3.63) is 0 Å². The fourth-order valence-electron chi connectivity index (χ4n) is 1.65. The predicted octanol–water partition coefficient (Wildman–Crippen LogP) is 0.592. The van der Waals surface area contributed by atoms with Crippen LogP contribution in [0.25, 0.3) is 0 Å². The lowest BCUT2D eigenvalue weighted by Gasteiger charge is -2.13. The van der Waals surface area contributed by atoms with E-state index < -0.39 is 0 Å². The third-order valence-corrected chi connectivity index (χ3v) is 4.11. The summed E-state index contributed by atoms with van der Waals surface area (Å²) < 4.78 is 0. The molecule has 0 radical (unpaired) electrons. The minimum Gasteiger partial charge on any atom is -0.357 e. The van der Waals surface area contributed by atoms with Crippen molar-refractivity contribution in [1.29, 1.82) is 0 Å². The van der Waals surface area contributed by atoms with Crippen molar-refractivity contribution in [2.24, 2.45) is 10.9 Å². The van der Waals surface area contributed by atoms with E-state index in [0.29, 0.717) is 5.25 Å². The van der Waals surface area contributed by atoms with Gasteiger partial charge in [0, 0.05) is 12.3 Å². The van der Waals surface area contributed by atoms with Crippen LogP contribution in [0, 0.1) is 5.92 Å². The molecule has 0 bridgehead atoms. The van der Waals surface area contributed by atoms with Crippen LogP contribution in [0.5, 0.6) is 0 Å². The lowest BCUT2D eigenvalue weighted by atomic mass is 10.3. The molecular formula is C10H17N3OS. The number of nitrogens with one attached hydrogen (secondary N) is 2. The predicted molar refractivity (Wildman–Crippen MR) is 63.1 cm³/mol. The molecule has 1 amide bonds. The van der Waals surface area contributed by atoms with E-state index in [1.165, 1.54) is 12.8 Å². The first-order chi connectivity index (χ1) is 7.20. The van der Waals surface area contributed by atoms with Gasteiger partial charge < -0.3 is 10.6 Å². The van der Waals surface area contributed by atoms with Gasteiger partial charge >= 0.3 is 0 Å². The van der Waals surface area contributed by atoms with Crippen LogP contribution in [-0.2, 0) is 4.79 Å². The van der Waals surface area contributed by atoms with Gasteiger partial charge in [-0.1, -0.05) is 11.8 Å². The molecule has 0 aromatic rings. The molecule has 1 aliphatic heterocycles. The summed E-state index contributed by atoms with van der Waals surface area (Å²) in [6.07, 6.45) is 2.71. The number of amides is 1. The number of carbonyl (C=O) groups is 1. The van der Waals surface area contributed by atoms with Gasteiger partial charge in [-0.25, -0.2) is 0 Å². The topological polar surface area (TPSA) is 53.5 Å². The van der Waals surface area contributed by atoms with E-state index in [-0.39, 0.29) is 11.9 Å². The van der Waals surface area contributed by atoms with Gasteiger partial charge in [-0.3, -0.25) is 9.79 Å². The van der Waals surface area contributed by atoms with Crippen LogP contribution >= 0.6 is 11.8 Å². The molecule has 2 atom stereocenters. The van der Waals surface area contributed by atoms with Crippen molar-refractivity contribution < 1.29 is 4.79 Å². The number of rotatable bonds is 3. The zero-order valence-electron chi connectivity index (χ0n) is 9.12. The van der Waals surface area contributed by atoms with Crippen LogP contribution < -0.4 is 10.6 Å². The molecule has 15 heavy (non-hydrogen) atoms. The molecule has 0 aromatic heterocycles. The Morgan fingerprint density at radius 2 is 2.33 bits per heavy atom. The highest BCUT2D eigenvalue weighted by atomic mass is 32.2. The summed E-state index contributed by atoms with van der Waals surface area (Å²) in [6, 6.07) is -0.195. The summed E-state index contributed by atoms with van der Waals surface area (Å²) in [5, 5.41) is 7.35. The van der Waals surface area contributed by atoms with Gasteiger partial charge in [0.15, 0.2) is 5.17 Å². The SMILES string of the molecule is CNC(=O)C(C)NC1=NCC(C2CC2)S1. The van der Waals surface area contributed by atoms with Crippen LogP contribution in [0.15, 0.2) is 4.99 Å². The molecule has 2 aliphatic rings. The third-order valence-electron chi connectivity index (χ3n) is 2.81. The Kier molecular flexibility index (Phi) is 3.19. The molecule has 1 heterocycles. The third kappa shape index (κ3) is 2.65. The van der Waals surface area contributed by atoms with E-state index in [9.17, 15) is 4.79 Å². The van der Waals surface area contributed by atoms with Crippen molar-refractivity contribution in [2.45, 2.75) is 31.1 Å². The highest BCUT2D eigenvalue weighted by Gasteiger charge is 2.35. The van der Waals surface area contributed by atoms with Crippen LogP contribution in [0.1, 0.15) is 19.8 Å². The summed E-state index contributed by atoms with van der Waals surface area (Å²) >= 11 is 1.80. The summed E-state index contributed by atoms with van der Waals surface area (Å²) in [5.74, 6) is 0.876. The van der Waals surface area contributed by atoms with Gasteiger partial charge in [-0.2, -0.15) is 0 Å². The molecule has 1 fully saturated rings. The Morgan fingerprint density at radius 3 is 2.93 bits per heavy atom. The van der Waals surface area contributed by atoms with Crippen molar-refractivity contribution >= 4 is 22.8 Å². The summed E-state index contributed by atoms with van der Waals surface area (Å²) in [4.78, 5) is 15.7. The highest BCUT2D eigenvalue weighted by Crippen LogP contribution is 2.41. The number of hydrogen-bond donors (Lipinski definition) is 2. The van der Waals surface area contributed by atoms with Crippen LogP contribution in [0.3, 0.4) is 0 Å². The molecule has 5 heteroatoms. The first-order valence-electron chi connectivity index (χ1n) is 5.40. The fraction of sp³-hybridized carbons (Fsp3) is 0.800.